The normalized spacial score (nSPS) is 12.2. The van der Waals surface area contributed by atoms with Crippen LogP contribution in [0.5, 0.6) is 5.75 Å². The van der Waals surface area contributed by atoms with Crippen molar-refractivity contribution < 1.29 is 14.2 Å². The number of halogens is 1. The summed E-state index contributed by atoms with van der Waals surface area (Å²) in [6.07, 6.45) is -0.246. The molecule has 2 aromatic carbocycles. The largest absolute Gasteiger partial charge is 0.494 e. The molecule has 0 aliphatic rings. The van der Waals surface area contributed by atoms with E-state index >= 15 is 0 Å². The van der Waals surface area contributed by atoms with Crippen LogP contribution in [0.2, 0.25) is 0 Å². The quantitative estimate of drug-likeness (QED) is 0.898. The fourth-order valence-corrected chi connectivity index (χ4v) is 1.85. The summed E-state index contributed by atoms with van der Waals surface area (Å²) >= 11 is 0. The molecule has 18 heavy (non-hydrogen) atoms. The predicted molar refractivity (Wildman–Crippen MR) is 68.1 cm³/mol. The molecule has 2 aromatic rings. The number of aliphatic hydroxyl groups excluding tert-OH is 1. The SMILES string of the molecule is COc1ccc(CC(O)c2ccccc2)cc1F. The lowest BCUT2D eigenvalue weighted by Gasteiger charge is -2.11. The molecule has 1 N–H and O–H groups in total. The zero-order chi connectivity index (χ0) is 13.0. The maximum Gasteiger partial charge on any atom is 0.165 e. The third kappa shape index (κ3) is 2.87. The van der Waals surface area contributed by atoms with E-state index in [1.54, 1.807) is 12.1 Å². The van der Waals surface area contributed by atoms with E-state index in [2.05, 4.69) is 0 Å². The van der Waals surface area contributed by atoms with Crippen molar-refractivity contribution in [3.05, 3.63) is 65.5 Å². The van der Waals surface area contributed by atoms with Gasteiger partial charge in [0.25, 0.3) is 0 Å². The van der Waals surface area contributed by atoms with Gasteiger partial charge in [0.2, 0.25) is 0 Å². The fraction of sp³-hybridized carbons (Fsp3) is 0.200. The Morgan fingerprint density at radius 2 is 1.89 bits per heavy atom. The highest BCUT2D eigenvalue weighted by Crippen LogP contribution is 2.22. The highest BCUT2D eigenvalue weighted by Gasteiger charge is 2.10. The van der Waals surface area contributed by atoms with Crippen LogP contribution in [0.1, 0.15) is 17.2 Å². The number of ether oxygens (including phenoxy) is 1. The summed E-state index contributed by atoms with van der Waals surface area (Å²) in [7, 11) is 1.43. The molecule has 0 heterocycles. The van der Waals surface area contributed by atoms with Gasteiger partial charge in [0.15, 0.2) is 11.6 Å². The fourth-order valence-electron chi connectivity index (χ4n) is 1.85. The van der Waals surface area contributed by atoms with Crippen molar-refractivity contribution in [2.45, 2.75) is 12.5 Å². The maximum atomic E-state index is 13.5. The van der Waals surface area contributed by atoms with E-state index in [4.69, 9.17) is 4.74 Å². The van der Waals surface area contributed by atoms with E-state index in [0.717, 1.165) is 11.1 Å². The number of hydrogen-bond acceptors (Lipinski definition) is 2. The highest BCUT2D eigenvalue weighted by molar-refractivity contribution is 5.30. The van der Waals surface area contributed by atoms with Crippen molar-refractivity contribution in [2.75, 3.05) is 7.11 Å². The van der Waals surface area contributed by atoms with Crippen LogP contribution >= 0.6 is 0 Å². The van der Waals surface area contributed by atoms with Gasteiger partial charge in [-0.05, 0) is 23.3 Å². The monoisotopic (exact) mass is 246 g/mol. The summed E-state index contributed by atoms with van der Waals surface area (Å²) in [5.41, 5.74) is 1.57. The molecule has 0 fully saturated rings. The molecule has 0 radical (unpaired) electrons. The zero-order valence-electron chi connectivity index (χ0n) is 10.1. The topological polar surface area (TPSA) is 29.5 Å². The van der Waals surface area contributed by atoms with Crippen LogP contribution in [0.25, 0.3) is 0 Å². The Bertz CT molecular complexity index is 511. The highest BCUT2D eigenvalue weighted by atomic mass is 19.1. The van der Waals surface area contributed by atoms with Crippen molar-refractivity contribution in [2.24, 2.45) is 0 Å². The second-order valence-electron chi connectivity index (χ2n) is 4.10. The lowest BCUT2D eigenvalue weighted by atomic mass is 10.0. The third-order valence-corrected chi connectivity index (χ3v) is 2.83. The predicted octanol–water partition coefficient (Wildman–Crippen LogP) is 3.11. The molecule has 94 valence electrons. The van der Waals surface area contributed by atoms with Gasteiger partial charge in [-0.1, -0.05) is 36.4 Å². The van der Waals surface area contributed by atoms with Gasteiger partial charge in [-0.2, -0.15) is 0 Å². The molecule has 0 saturated heterocycles. The van der Waals surface area contributed by atoms with Gasteiger partial charge in [0.1, 0.15) is 0 Å². The lowest BCUT2D eigenvalue weighted by Crippen LogP contribution is -2.02. The van der Waals surface area contributed by atoms with Crippen molar-refractivity contribution in [3.63, 3.8) is 0 Å². The Morgan fingerprint density at radius 1 is 1.17 bits per heavy atom. The zero-order valence-corrected chi connectivity index (χ0v) is 10.1. The summed E-state index contributed by atoms with van der Waals surface area (Å²) < 4.78 is 18.3. The average Bonchev–Trinajstić information content (AvgIpc) is 2.40. The first-order valence-corrected chi connectivity index (χ1v) is 5.76. The molecule has 0 aliphatic carbocycles. The maximum absolute atomic E-state index is 13.5. The summed E-state index contributed by atoms with van der Waals surface area (Å²) in [4.78, 5) is 0. The van der Waals surface area contributed by atoms with E-state index in [9.17, 15) is 9.50 Å². The van der Waals surface area contributed by atoms with E-state index in [1.807, 2.05) is 30.3 Å². The molecule has 0 bridgehead atoms. The second kappa shape index (κ2) is 5.65. The van der Waals surface area contributed by atoms with Gasteiger partial charge in [-0.25, -0.2) is 4.39 Å². The van der Waals surface area contributed by atoms with Gasteiger partial charge in [0.05, 0.1) is 13.2 Å². The van der Waals surface area contributed by atoms with Crippen LogP contribution in [0.3, 0.4) is 0 Å². The molecule has 3 heteroatoms. The van der Waals surface area contributed by atoms with Gasteiger partial charge >= 0.3 is 0 Å². The molecular weight excluding hydrogens is 231 g/mol. The number of methoxy groups -OCH3 is 1. The minimum absolute atomic E-state index is 0.216. The van der Waals surface area contributed by atoms with Crippen LogP contribution in [-0.2, 0) is 6.42 Å². The molecular formula is C15H15FO2. The van der Waals surface area contributed by atoms with Gasteiger partial charge in [-0.3, -0.25) is 0 Å². The van der Waals surface area contributed by atoms with E-state index < -0.39 is 11.9 Å². The molecule has 0 spiro atoms. The Labute approximate surface area is 106 Å². The van der Waals surface area contributed by atoms with E-state index in [-0.39, 0.29) is 5.75 Å². The Balaban J connectivity index is 2.12. The lowest BCUT2D eigenvalue weighted by molar-refractivity contribution is 0.178. The van der Waals surface area contributed by atoms with Crippen molar-refractivity contribution in [3.8, 4) is 5.75 Å². The second-order valence-corrected chi connectivity index (χ2v) is 4.10. The van der Waals surface area contributed by atoms with Crippen LogP contribution < -0.4 is 4.74 Å². The molecule has 1 atom stereocenters. The number of benzene rings is 2. The average molecular weight is 246 g/mol. The van der Waals surface area contributed by atoms with Crippen molar-refractivity contribution in [1.82, 2.24) is 0 Å². The molecule has 0 saturated carbocycles. The molecule has 0 aromatic heterocycles. The van der Waals surface area contributed by atoms with Crippen LogP contribution in [0, 0.1) is 5.82 Å². The number of rotatable bonds is 4. The minimum Gasteiger partial charge on any atom is -0.494 e. The summed E-state index contributed by atoms with van der Waals surface area (Å²) in [6, 6.07) is 14.1. The van der Waals surface area contributed by atoms with E-state index in [1.165, 1.54) is 13.2 Å². The first-order chi connectivity index (χ1) is 8.70. The van der Waals surface area contributed by atoms with Crippen LogP contribution in [0.4, 0.5) is 4.39 Å². The third-order valence-electron chi connectivity index (χ3n) is 2.83. The summed E-state index contributed by atoms with van der Waals surface area (Å²) in [6.45, 7) is 0. The van der Waals surface area contributed by atoms with Crippen LogP contribution in [0.15, 0.2) is 48.5 Å². The Hall–Kier alpha value is -1.87. The van der Waals surface area contributed by atoms with Crippen molar-refractivity contribution >= 4 is 0 Å². The first kappa shape index (κ1) is 12.6. The molecule has 2 nitrogen and oxygen atoms in total. The molecule has 2 rings (SSSR count). The van der Waals surface area contributed by atoms with E-state index in [0.29, 0.717) is 6.42 Å². The van der Waals surface area contributed by atoms with Crippen molar-refractivity contribution in [1.29, 1.82) is 0 Å². The summed E-state index contributed by atoms with van der Waals surface area (Å²) in [5, 5.41) is 10.0. The first-order valence-electron chi connectivity index (χ1n) is 5.76. The van der Waals surface area contributed by atoms with Gasteiger partial charge < -0.3 is 9.84 Å². The number of aliphatic hydroxyl groups is 1. The standard InChI is InChI=1S/C15H15FO2/c1-18-15-8-7-11(9-13(15)16)10-14(17)12-5-3-2-4-6-12/h2-9,14,17H,10H2,1H3. The van der Waals surface area contributed by atoms with Gasteiger partial charge in [0, 0.05) is 6.42 Å². The molecule has 0 amide bonds. The van der Waals surface area contributed by atoms with Crippen LogP contribution in [-0.4, -0.2) is 12.2 Å². The molecule has 1 unspecified atom stereocenters. The smallest absolute Gasteiger partial charge is 0.165 e. The number of hydrogen-bond donors (Lipinski definition) is 1. The Morgan fingerprint density at radius 3 is 2.50 bits per heavy atom. The Kier molecular flexibility index (Phi) is 3.95. The minimum atomic E-state index is -0.626. The summed E-state index contributed by atoms with van der Waals surface area (Å²) in [5.74, 6) is -0.191. The molecule has 0 aliphatic heterocycles. The van der Waals surface area contributed by atoms with Gasteiger partial charge in [-0.15, -0.1) is 0 Å².